The third-order valence-electron chi connectivity index (χ3n) is 15.3. The molecule has 0 aliphatic heterocycles. The van der Waals surface area contributed by atoms with Gasteiger partial charge < -0.3 is 4.57 Å². The zero-order valence-corrected chi connectivity index (χ0v) is 45.2. The van der Waals surface area contributed by atoms with Crippen LogP contribution in [0.1, 0.15) is 22.3 Å². The summed E-state index contributed by atoms with van der Waals surface area (Å²) in [6.45, 7) is 8.72. The average Bonchev–Trinajstić information content (AvgIpc) is 4.03. The van der Waals surface area contributed by atoms with E-state index in [4.69, 9.17) is 15.0 Å². The Hall–Kier alpha value is -9.55. The molecule has 0 aliphatic rings. The molecule has 0 N–H and O–H groups in total. The van der Waals surface area contributed by atoms with Gasteiger partial charge in [-0.1, -0.05) is 265 Å². The number of aryl methyl sites for hydroxylation is 4. The average molecular weight is 1020 g/mol. The minimum absolute atomic E-state index is 0.593. The Balaban J connectivity index is 1.11. The van der Waals surface area contributed by atoms with Crippen molar-refractivity contribution in [2.45, 2.75) is 27.7 Å². The molecule has 0 atom stereocenters. The SMILES string of the molecule is Cc1cc(C)cc(-c2ccc3c4ccc(-c5cc(C)cc(C)c5)cc4n(-c4ccc(-c5cccc([Si](c6ccccc6)(c6ccccc6)c6ccccc6)c5)c(-c5nc(-c6ccccc6)nc(-c6ccccc6)n5)c4)c3c2)c1. The van der Waals surface area contributed by atoms with Gasteiger partial charge in [0.1, 0.15) is 0 Å². The van der Waals surface area contributed by atoms with Crippen molar-refractivity contribution in [3.05, 3.63) is 289 Å². The molecule has 0 saturated heterocycles. The first-order valence-electron chi connectivity index (χ1n) is 26.8. The summed E-state index contributed by atoms with van der Waals surface area (Å²) in [7, 11) is -2.91. The minimum Gasteiger partial charge on any atom is -0.309 e. The highest BCUT2D eigenvalue weighted by molar-refractivity contribution is 7.19. The molecule has 5 heteroatoms. The number of hydrogen-bond donors (Lipinski definition) is 0. The lowest BCUT2D eigenvalue weighted by Gasteiger charge is -2.34. The molecule has 2 aromatic heterocycles. The molecular weight excluding hydrogens is 961 g/mol. The van der Waals surface area contributed by atoms with Crippen LogP contribution in [0.3, 0.4) is 0 Å². The number of fused-ring (bicyclic) bond motifs is 3. The predicted molar refractivity (Wildman–Crippen MR) is 329 cm³/mol. The maximum Gasteiger partial charge on any atom is 0.179 e. The summed E-state index contributed by atoms with van der Waals surface area (Å²) in [6, 6.07) is 97.8. The molecule has 13 aromatic rings. The zero-order chi connectivity index (χ0) is 52.7. The fourth-order valence-electron chi connectivity index (χ4n) is 12.0. The van der Waals surface area contributed by atoms with Gasteiger partial charge in [0.2, 0.25) is 0 Å². The second-order valence-electron chi connectivity index (χ2n) is 20.7. The second-order valence-corrected chi connectivity index (χ2v) is 24.6. The lowest BCUT2D eigenvalue weighted by atomic mass is 9.97. The van der Waals surface area contributed by atoms with E-state index in [1.807, 2.05) is 36.4 Å². The van der Waals surface area contributed by atoms with E-state index in [1.54, 1.807) is 0 Å². The van der Waals surface area contributed by atoms with E-state index in [0.717, 1.165) is 44.5 Å². The highest BCUT2D eigenvalue weighted by Crippen LogP contribution is 2.41. The zero-order valence-electron chi connectivity index (χ0n) is 44.2. The van der Waals surface area contributed by atoms with Crippen molar-refractivity contribution in [3.8, 4) is 73.2 Å². The third kappa shape index (κ3) is 8.84. The van der Waals surface area contributed by atoms with E-state index in [0.29, 0.717) is 17.5 Å². The summed E-state index contributed by atoms with van der Waals surface area (Å²) in [5, 5.41) is 7.61. The topological polar surface area (TPSA) is 43.6 Å². The summed E-state index contributed by atoms with van der Waals surface area (Å²) in [4.78, 5) is 16.1. The Bertz CT molecular complexity index is 4040. The first kappa shape index (κ1) is 48.1. The standard InChI is InChI=1S/C73H56N4Si/c1-49-39-50(2)42-58(41-49)55-33-36-66-67-37-34-56(59-43-51(3)40-52(4)44-59)47-70(67)77(69(66)46-55)60-35-38-65(68(48-60)73-75-71(53-21-10-5-11-22-53)74-72(76-73)54-23-12-6-13-24-54)57-25-20-32-64(45-57)78(61-26-14-7-15-27-61,62-28-16-8-17-29-62)63-30-18-9-19-31-63/h5-48H,1-4H3. The van der Waals surface area contributed by atoms with Crippen LogP contribution >= 0.6 is 0 Å². The first-order chi connectivity index (χ1) is 38.3. The predicted octanol–water partition coefficient (Wildman–Crippen LogP) is 15.6. The first-order valence-corrected chi connectivity index (χ1v) is 28.8. The Morgan fingerprint density at radius 3 is 1.12 bits per heavy atom. The lowest BCUT2D eigenvalue weighted by Crippen LogP contribution is -2.74. The van der Waals surface area contributed by atoms with Gasteiger partial charge in [0.25, 0.3) is 0 Å². The van der Waals surface area contributed by atoms with Gasteiger partial charge in [0.05, 0.1) is 11.0 Å². The largest absolute Gasteiger partial charge is 0.309 e. The number of nitrogens with zero attached hydrogens (tertiary/aromatic N) is 4. The number of hydrogen-bond acceptors (Lipinski definition) is 3. The summed E-state index contributed by atoms with van der Waals surface area (Å²) in [5.74, 6) is 1.82. The Kier molecular flexibility index (Phi) is 12.5. The fraction of sp³-hybridized carbons (Fsp3) is 0.0548. The Morgan fingerprint density at radius 2 is 0.667 bits per heavy atom. The second kappa shape index (κ2) is 20.2. The van der Waals surface area contributed by atoms with Crippen LogP contribution < -0.4 is 20.7 Å². The third-order valence-corrected chi connectivity index (χ3v) is 20.1. The molecule has 4 nitrogen and oxygen atoms in total. The highest BCUT2D eigenvalue weighted by atomic mass is 28.3. The lowest BCUT2D eigenvalue weighted by molar-refractivity contribution is 1.07. The molecule has 372 valence electrons. The van der Waals surface area contributed by atoms with Gasteiger partial charge in [-0.15, -0.1) is 0 Å². The van der Waals surface area contributed by atoms with Gasteiger partial charge in [0.15, 0.2) is 25.5 Å². The molecule has 0 aliphatic carbocycles. The molecule has 0 saturated carbocycles. The van der Waals surface area contributed by atoms with Gasteiger partial charge in [0, 0.05) is 33.2 Å². The van der Waals surface area contributed by atoms with Crippen molar-refractivity contribution in [2.75, 3.05) is 0 Å². The molecule has 0 unspecified atom stereocenters. The van der Waals surface area contributed by atoms with E-state index >= 15 is 0 Å². The van der Waals surface area contributed by atoms with Gasteiger partial charge >= 0.3 is 0 Å². The summed E-state index contributed by atoms with van der Waals surface area (Å²) < 4.78 is 2.46. The van der Waals surface area contributed by atoms with Crippen molar-refractivity contribution in [1.82, 2.24) is 19.5 Å². The normalized spacial score (nSPS) is 11.6. The van der Waals surface area contributed by atoms with Crippen LogP contribution in [0.25, 0.3) is 95.0 Å². The van der Waals surface area contributed by atoms with Crippen LogP contribution in [0.5, 0.6) is 0 Å². The number of benzene rings is 11. The van der Waals surface area contributed by atoms with Crippen molar-refractivity contribution in [3.63, 3.8) is 0 Å². The number of aromatic nitrogens is 4. The van der Waals surface area contributed by atoms with E-state index in [9.17, 15) is 0 Å². The fourth-order valence-corrected chi connectivity index (χ4v) is 16.8. The van der Waals surface area contributed by atoms with Gasteiger partial charge in [-0.05, 0) is 106 Å². The van der Waals surface area contributed by atoms with Crippen LogP contribution in [0, 0.1) is 27.7 Å². The maximum absolute atomic E-state index is 5.46. The molecule has 78 heavy (non-hydrogen) atoms. The summed E-state index contributed by atoms with van der Waals surface area (Å²) in [6.07, 6.45) is 0. The van der Waals surface area contributed by atoms with Crippen molar-refractivity contribution < 1.29 is 0 Å². The van der Waals surface area contributed by atoms with Crippen molar-refractivity contribution in [2.24, 2.45) is 0 Å². The molecule has 0 spiro atoms. The molecule has 11 aromatic carbocycles. The summed E-state index contributed by atoms with van der Waals surface area (Å²) >= 11 is 0. The van der Waals surface area contributed by atoms with Crippen molar-refractivity contribution >= 4 is 50.6 Å². The molecular formula is C73H56N4Si. The molecule has 13 rings (SSSR count). The monoisotopic (exact) mass is 1020 g/mol. The molecule has 0 amide bonds. The summed E-state index contributed by atoms with van der Waals surface area (Å²) in [5.41, 5.74) is 17.8. The minimum atomic E-state index is -2.91. The van der Waals surface area contributed by atoms with Crippen LogP contribution in [-0.4, -0.2) is 27.6 Å². The van der Waals surface area contributed by atoms with Gasteiger partial charge in [-0.25, -0.2) is 15.0 Å². The highest BCUT2D eigenvalue weighted by Gasteiger charge is 2.41. The van der Waals surface area contributed by atoms with Crippen LogP contribution in [0.4, 0.5) is 0 Å². The Labute approximate surface area is 457 Å². The quantitative estimate of drug-likeness (QED) is 0.0958. The van der Waals surface area contributed by atoms with Crippen molar-refractivity contribution in [1.29, 1.82) is 0 Å². The van der Waals surface area contributed by atoms with Gasteiger partial charge in [-0.3, -0.25) is 0 Å². The molecule has 0 fully saturated rings. The smallest absolute Gasteiger partial charge is 0.179 e. The maximum atomic E-state index is 5.46. The van der Waals surface area contributed by atoms with E-state index in [1.165, 1.54) is 76.0 Å². The molecule has 2 heterocycles. The van der Waals surface area contributed by atoms with E-state index in [-0.39, 0.29) is 0 Å². The molecule has 0 bridgehead atoms. The van der Waals surface area contributed by atoms with E-state index < -0.39 is 8.07 Å². The van der Waals surface area contributed by atoms with Crippen LogP contribution in [0.2, 0.25) is 0 Å². The van der Waals surface area contributed by atoms with E-state index in [2.05, 4.69) is 263 Å². The van der Waals surface area contributed by atoms with Crippen LogP contribution in [-0.2, 0) is 0 Å². The number of rotatable bonds is 11. The van der Waals surface area contributed by atoms with Gasteiger partial charge in [-0.2, -0.15) is 0 Å². The molecule has 0 radical (unpaired) electrons. The van der Waals surface area contributed by atoms with Crippen LogP contribution in [0.15, 0.2) is 267 Å². The Morgan fingerprint density at radius 1 is 0.269 bits per heavy atom.